The zero-order chi connectivity index (χ0) is 40.2. The third kappa shape index (κ3) is 10.1. The van der Waals surface area contributed by atoms with Crippen LogP contribution in [0.1, 0.15) is 37.8 Å². The normalized spacial score (nSPS) is 17.8. The first-order valence-corrected chi connectivity index (χ1v) is 18.4. The van der Waals surface area contributed by atoms with Crippen LogP contribution in [-0.4, -0.2) is 76.2 Å². The van der Waals surface area contributed by atoms with Gasteiger partial charge in [-0.25, -0.2) is 4.79 Å². The number of nitrogens with zero attached hydrogens (tertiary/aromatic N) is 2. The molecule has 5 unspecified atom stereocenters. The van der Waals surface area contributed by atoms with E-state index in [4.69, 9.17) is 18.9 Å². The van der Waals surface area contributed by atoms with Crippen LogP contribution in [0.15, 0.2) is 109 Å². The van der Waals surface area contributed by atoms with E-state index < -0.39 is 59.7 Å². The van der Waals surface area contributed by atoms with Crippen LogP contribution in [0.3, 0.4) is 0 Å². The number of methoxy groups -OCH3 is 1. The standard InChI is InChI=1S/C43H46N2O11/c1-4-24-44(26-28-16-20-32(21-17-28)54-30-12-8-6-9-13-30)38(46)34-35(37(36(34)40(48)49)42(52)56-43(53-3)41(50)51)39(47)45(25-5-2)27-29-18-22-33(23-19-29)55-31-14-10-7-11-15-31/h6-23,34-37,43H,4-5,24-27H2,1-3H3,(H,48,49)(H,50,51). The Kier molecular flexibility index (Phi) is 14.2. The lowest BCUT2D eigenvalue weighted by molar-refractivity contribution is -0.209. The molecule has 0 radical (unpaired) electrons. The van der Waals surface area contributed by atoms with Crippen molar-refractivity contribution in [2.45, 2.75) is 46.1 Å². The predicted molar refractivity (Wildman–Crippen MR) is 203 cm³/mol. The molecule has 0 heterocycles. The van der Waals surface area contributed by atoms with Gasteiger partial charge >= 0.3 is 24.2 Å². The number of carbonyl (C=O) groups excluding carboxylic acids is 3. The lowest BCUT2D eigenvalue weighted by Gasteiger charge is -2.49. The molecule has 0 spiro atoms. The minimum atomic E-state index is -2.05. The second kappa shape index (κ2) is 19.4. The Morgan fingerprint density at radius 1 is 0.571 bits per heavy atom. The number of ether oxygens (including phenoxy) is 4. The molecule has 1 aliphatic rings. The van der Waals surface area contributed by atoms with Crippen LogP contribution in [0, 0.1) is 23.7 Å². The lowest BCUT2D eigenvalue weighted by atomic mass is 9.55. The fourth-order valence-electron chi connectivity index (χ4n) is 6.86. The van der Waals surface area contributed by atoms with E-state index in [1.165, 1.54) is 9.80 Å². The first-order valence-electron chi connectivity index (χ1n) is 18.4. The van der Waals surface area contributed by atoms with Crippen LogP contribution in [0.2, 0.25) is 0 Å². The fraction of sp³-hybridized carbons (Fsp3) is 0.326. The summed E-state index contributed by atoms with van der Waals surface area (Å²) < 4.78 is 21.7. The third-order valence-corrected chi connectivity index (χ3v) is 9.48. The number of aliphatic carboxylic acids is 2. The van der Waals surface area contributed by atoms with Gasteiger partial charge in [-0.3, -0.25) is 19.2 Å². The monoisotopic (exact) mass is 766 g/mol. The molecular formula is C43H46N2O11. The Morgan fingerprint density at radius 2 is 0.964 bits per heavy atom. The van der Waals surface area contributed by atoms with E-state index in [2.05, 4.69) is 0 Å². The highest BCUT2D eigenvalue weighted by Gasteiger charge is 2.65. The summed E-state index contributed by atoms with van der Waals surface area (Å²) in [7, 11) is 1.01. The van der Waals surface area contributed by atoms with E-state index >= 15 is 0 Å². The van der Waals surface area contributed by atoms with Gasteiger partial charge in [0, 0.05) is 33.3 Å². The molecule has 1 saturated carbocycles. The molecule has 5 atom stereocenters. The first kappa shape index (κ1) is 41.0. The Hall–Kier alpha value is -6.21. The minimum Gasteiger partial charge on any atom is -0.481 e. The Balaban J connectivity index is 1.42. The number of benzene rings is 4. The van der Waals surface area contributed by atoms with Gasteiger partial charge in [-0.2, -0.15) is 0 Å². The van der Waals surface area contributed by atoms with Crippen molar-refractivity contribution in [3.05, 3.63) is 120 Å². The molecule has 2 amide bonds. The number of carbonyl (C=O) groups is 5. The topological polar surface area (TPSA) is 169 Å². The van der Waals surface area contributed by atoms with Crippen LogP contribution in [0.4, 0.5) is 0 Å². The van der Waals surface area contributed by atoms with Gasteiger partial charge < -0.3 is 39.0 Å². The van der Waals surface area contributed by atoms with Gasteiger partial charge in [-0.15, -0.1) is 0 Å². The summed E-state index contributed by atoms with van der Waals surface area (Å²) >= 11 is 0. The maximum atomic E-state index is 14.6. The van der Waals surface area contributed by atoms with Crippen molar-refractivity contribution in [2.24, 2.45) is 23.7 Å². The molecule has 4 aromatic rings. The number of hydrogen-bond acceptors (Lipinski definition) is 9. The molecule has 4 aromatic carbocycles. The highest BCUT2D eigenvalue weighted by Crippen LogP contribution is 2.49. The summed E-state index contributed by atoms with van der Waals surface area (Å²) in [6, 6.07) is 32.7. The molecule has 0 saturated heterocycles. The molecular weight excluding hydrogens is 720 g/mol. The summed E-state index contributed by atoms with van der Waals surface area (Å²) in [5.74, 6) is -9.40. The minimum absolute atomic E-state index is 0.0844. The number of esters is 1. The molecule has 2 N–H and O–H groups in total. The van der Waals surface area contributed by atoms with Crippen molar-refractivity contribution in [1.82, 2.24) is 9.80 Å². The van der Waals surface area contributed by atoms with Crippen LogP contribution < -0.4 is 9.47 Å². The van der Waals surface area contributed by atoms with Gasteiger partial charge in [-0.1, -0.05) is 74.5 Å². The van der Waals surface area contributed by atoms with E-state index in [0.717, 1.165) is 18.2 Å². The lowest BCUT2D eigenvalue weighted by Crippen LogP contribution is -2.64. The fourth-order valence-corrected chi connectivity index (χ4v) is 6.86. The molecule has 1 fully saturated rings. The second-order valence-electron chi connectivity index (χ2n) is 13.4. The second-order valence-corrected chi connectivity index (χ2v) is 13.4. The number of amides is 2. The summed E-state index contributed by atoms with van der Waals surface area (Å²) in [5.41, 5.74) is 1.45. The predicted octanol–water partition coefficient (Wildman–Crippen LogP) is 6.61. The maximum absolute atomic E-state index is 14.6. The summed E-state index contributed by atoms with van der Waals surface area (Å²) in [6.45, 7) is 4.37. The average molecular weight is 767 g/mol. The summed E-state index contributed by atoms with van der Waals surface area (Å²) in [4.78, 5) is 70.3. The van der Waals surface area contributed by atoms with Crippen molar-refractivity contribution in [3.63, 3.8) is 0 Å². The van der Waals surface area contributed by atoms with E-state index in [9.17, 15) is 34.2 Å². The highest BCUT2D eigenvalue weighted by atomic mass is 16.7. The SMILES string of the molecule is CCCN(Cc1ccc(Oc2ccccc2)cc1)C(=O)C1C(C(=O)O)C(C(=O)OC(OC)C(=O)O)C1C(=O)N(CCC)Cc1ccc(Oc2ccccc2)cc1. The summed E-state index contributed by atoms with van der Waals surface area (Å²) in [5, 5.41) is 20.0. The van der Waals surface area contributed by atoms with Crippen molar-refractivity contribution in [1.29, 1.82) is 0 Å². The van der Waals surface area contributed by atoms with Crippen LogP contribution in [0.5, 0.6) is 23.0 Å². The van der Waals surface area contributed by atoms with E-state index in [1.54, 1.807) is 48.5 Å². The highest BCUT2D eigenvalue weighted by molar-refractivity contribution is 6.00. The quantitative estimate of drug-likeness (QED) is 0.0778. The summed E-state index contributed by atoms with van der Waals surface area (Å²) in [6.07, 6.45) is -1.01. The van der Waals surface area contributed by atoms with E-state index in [0.29, 0.717) is 35.8 Å². The third-order valence-electron chi connectivity index (χ3n) is 9.48. The Bertz CT molecular complexity index is 1940. The zero-order valence-corrected chi connectivity index (χ0v) is 31.5. The van der Waals surface area contributed by atoms with Crippen molar-refractivity contribution < 1.29 is 53.1 Å². The molecule has 13 nitrogen and oxygen atoms in total. The van der Waals surface area contributed by atoms with Crippen molar-refractivity contribution >= 4 is 29.7 Å². The molecule has 56 heavy (non-hydrogen) atoms. The van der Waals surface area contributed by atoms with Gasteiger partial charge in [0.05, 0.1) is 23.7 Å². The number of carboxylic acids is 2. The van der Waals surface area contributed by atoms with Gasteiger partial charge in [0.25, 0.3) is 0 Å². The van der Waals surface area contributed by atoms with Gasteiger partial charge in [0.15, 0.2) is 0 Å². The molecule has 0 aromatic heterocycles. The van der Waals surface area contributed by atoms with Crippen molar-refractivity contribution in [2.75, 3.05) is 20.2 Å². The number of para-hydroxylation sites is 2. The molecule has 0 bridgehead atoms. The Morgan fingerprint density at radius 3 is 1.32 bits per heavy atom. The van der Waals surface area contributed by atoms with Gasteiger partial charge in [0.1, 0.15) is 23.0 Å². The van der Waals surface area contributed by atoms with Crippen LogP contribution in [-0.2, 0) is 46.5 Å². The largest absolute Gasteiger partial charge is 0.481 e. The average Bonchev–Trinajstić information content (AvgIpc) is 3.18. The van der Waals surface area contributed by atoms with E-state index in [1.807, 2.05) is 74.5 Å². The molecule has 294 valence electrons. The Labute approximate surface area is 325 Å². The molecule has 5 rings (SSSR count). The maximum Gasteiger partial charge on any atom is 0.373 e. The molecule has 1 aliphatic carbocycles. The van der Waals surface area contributed by atoms with Crippen LogP contribution in [0.25, 0.3) is 0 Å². The molecule has 13 heteroatoms. The smallest absolute Gasteiger partial charge is 0.373 e. The van der Waals surface area contributed by atoms with Gasteiger partial charge in [-0.05, 0) is 72.5 Å². The number of rotatable bonds is 19. The molecule has 0 aliphatic heterocycles. The van der Waals surface area contributed by atoms with Crippen molar-refractivity contribution in [3.8, 4) is 23.0 Å². The number of hydrogen-bond donors (Lipinski definition) is 2. The first-order chi connectivity index (χ1) is 27.0. The van der Waals surface area contributed by atoms with Gasteiger partial charge in [0.2, 0.25) is 11.8 Å². The van der Waals surface area contributed by atoms with Crippen LogP contribution >= 0.6 is 0 Å². The number of carboxylic acid groups (broad SMARTS) is 2. The van der Waals surface area contributed by atoms with E-state index in [-0.39, 0.29) is 26.2 Å². The zero-order valence-electron chi connectivity index (χ0n) is 31.5.